The fourth-order valence-electron chi connectivity index (χ4n) is 3.06. The molecule has 0 fully saturated rings. The van der Waals surface area contributed by atoms with Gasteiger partial charge in [-0.3, -0.25) is 4.79 Å². The molecule has 3 aromatic carbocycles. The molecular weight excluding hydrogens is 366 g/mol. The summed E-state index contributed by atoms with van der Waals surface area (Å²) in [5.74, 6) is -0.788. The number of amides is 1. The van der Waals surface area contributed by atoms with Crippen molar-refractivity contribution in [2.24, 2.45) is 0 Å². The highest BCUT2D eigenvalue weighted by Gasteiger charge is 2.13. The molecule has 6 nitrogen and oxygen atoms in total. The van der Waals surface area contributed by atoms with Gasteiger partial charge in [-0.25, -0.2) is 4.79 Å². The molecule has 144 valence electrons. The zero-order chi connectivity index (χ0) is 20.1. The monoisotopic (exact) mass is 385 g/mol. The number of carbonyl (C=O) groups excluding carboxylic acids is 1. The van der Waals surface area contributed by atoms with Crippen LogP contribution in [0.5, 0.6) is 0 Å². The number of rotatable bonds is 6. The van der Waals surface area contributed by atoms with Gasteiger partial charge in [-0.15, -0.1) is 5.10 Å². The maximum absolute atomic E-state index is 12.4. The molecule has 0 bridgehead atoms. The SMILES string of the molecule is O=C(Cn1nc(-c2ccccc2)oc1=O)NCc1ccccc1-c1ccccc1. The van der Waals surface area contributed by atoms with Gasteiger partial charge in [-0.2, -0.15) is 4.68 Å². The van der Waals surface area contributed by atoms with Crippen LogP contribution in [0.1, 0.15) is 5.56 Å². The molecule has 4 rings (SSSR count). The van der Waals surface area contributed by atoms with Crippen molar-refractivity contribution in [3.05, 3.63) is 101 Å². The molecule has 0 aliphatic carbocycles. The van der Waals surface area contributed by atoms with E-state index < -0.39 is 5.76 Å². The Labute approximate surface area is 167 Å². The highest BCUT2D eigenvalue weighted by atomic mass is 16.4. The summed E-state index contributed by atoms with van der Waals surface area (Å²) >= 11 is 0. The molecular formula is C23H19N3O3. The molecule has 1 heterocycles. The second-order valence-electron chi connectivity index (χ2n) is 6.50. The third kappa shape index (κ3) is 4.32. The number of carbonyl (C=O) groups is 1. The summed E-state index contributed by atoms with van der Waals surface area (Å²) in [6.45, 7) is 0.144. The molecule has 4 aromatic rings. The maximum Gasteiger partial charge on any atom is 0.437 e. The van der Waals surface area contributed by atoms with Gasteiger partial charge in [-0.1, -0.05) is 72.8 Å². The lowest BCUT2D eigenvalue weighted by atomic mass is 10.00. The van der Waals surface area contributed by atoms with Crippen LogP contribution < -0.4 is 11.1 Å². The minimum absolute atomic E-state index is 0.192. The van der Waals surface area contributed by atoms with Crippen molar-refractivity contribution in [2.75, 3.05) is 0 Å². The lowest BCUT2D eigenvalue weighted by Crippen LogP contribution is -2.31. The van der Waals surface area contributed by atoms with Gasteiger partial charge in [0.25, 0.3) is 0 Å². The van der Waals surface area contributed by atoms with E-state index in [4.69, 9.17) is 4.42 Å². The Morgan fingerprint density at radius 3 is 2.21 bits per heavy atom. The zero-order valence-electron chi connectivity index (χ0n) is 15.6. The molecule has 1 amide bonds. The van der Waals surface area contributed by atoms with E-state index in [1.54, 1.807) is 12.1 Å². The van der Waals surface area contributed by atoms with Crippen molar-refractivity contribution >= 4 is 5.91 Å². The molecule has 0 radical (unpaired) electrons. The Bertz CT molecular complexity index is 1160. The maximum atomic E-state index is 12.4. The average molecular weight is 385 g/mol. The number of hydrogen-bond donors (Lipinski definition) is 1. The highest BCUT2D eigenvalue weighted by molar-refractivity contribution is 5.76. The molecule has 1 N–H and O–H groups in total. The first-order valence-electron chi connectivity index (χ1n) is 9.24. The van der Waals surface area contributed by atoms with Gasteiger partial charge in [0.1, 0.15) is 6.54 Å². The van der Waals surface area contributed by atoms with E-state index in [0.29, 0.717) is 12.1 Å². The highest BCUT2D eigenvalue weighted by Crippen LogP contribution is 2.23. The second kappa shape index (κ2) is 8.39. The Hall–Kier alpha value is -3.93. The molecule has 0 aliphatic rings. The first kappa shape index (κ1) is 18.4. The summed E-state index contributed by atoms with van der Waals surface area (Å²) in [6.07, 6.45) is 0. The molecule has 0 saturated heterocycles. The molecule has 0 aliphatic heterocycles. The Balaban J connectivity index is 1.45. The number of nitrogens with zero attached hydrogens (tertiary/aromatic N) is 2. The smallest absolute Gasteiger partial charge is 0.388 e. The molecule has 0 atom stereocenters. The van der Waals surface area contributed by atoms with Gasteiger partial charge < -0.3 is 9.73 Å². The van der Waals surface area contributed by atoms with Crippen LogP contribution in [0.2, 0.25) is 0 Å². The van der Waals surface area contributed by atoms with E-state index >= 15 is 0 Å². The van der Waals surface area contributed by atoms with Crippen molar-refractivity contribution < 1.29 is 9.21 Å². The standard InChI is InChI=1S/C23H19N3O3/c27-21(16-26-23(28)29-22(25-26)18-11-5-2-6-12-18)24-15-19-13-7-8-14-20(19)17-9-3-1-4-10-17/h1-14H,15-16H2,(H,24,27). The molecule has 1 aromatic heterocycles. The van der Waals surface area contributed by atoms with Crippen LogP contribution in [0.25, 0.3) is 22.6 Å². The summed E-state index contributed by atoms with van der Waals surface area (Å²) in [5, 5.41) is 6.97. The minimum atomic E-state index is -0.663. The van der Waals surface area contributed by atoms with Gasteiger partial charge in [-0.05, 0) is 28.8 Å². The molecule has 0 spiro atoms. The van der Waals surface area contributed by atoms with Crippen molar-refractivity contribution in [3.8, 4) is 22.6 Å². The summed E-state index contributed by atoms with van der Waals surface area (Å²) in [5.41, 5.74) is 3.81. The van der Waals surface area contributed by atoms with Crippen LogP contribution in [-0.2, 0) is 17.9 Å². The van der Waals surface area contributed by atoms with Crippen molar-refractivity contribution in [3.63, 3.8) is 0 Å². The number of benzene rings is 3. The van der Waals surface area contributed by atoms with Gasteiger partial charge in [0.05, 0.1) is 0 Å². The summed E-state index contributed by atoms with van der Waals surface area (Å²) in [6, 6.07) is 27.0. The minimum Gasteiger partial charge on any atom is -0.388 e. The van der Waals surface area contributed by atoms with Gasteiger partial charge >= 0.3 is 5.76 Å². The third-order valence-electron chi connectivity index (χ3n) is 4.50. The van der Waals surface area contributed by atoms with E-state index in [2.05, 4.69) is 10.4 Å². The normalized spacial score (nSPS) is 10.6. The molecule has 6 heteroatoms. The van der Waals surface area contributed by atoms with Crippen molar-refractivity contribution in [2.45, 2.75) is 13.1 Å². The van der Waals surface area contributed by atoms with Crippen LogP contribution >= 0.6 is 0 Å². The predicted octanol–water partition coefficient (Wildman–Crippen LogP) is 3.49. The van der Waals surface area contributed by atoms with E-state index in [0.717, 1.165) is 21.4 Å². The van der Waals surface area contributed by atoms with Gasteiger partial charge in [0.2, 0.25) is 11.8 Å². The van der Waals surface area contributed by atoms with E-state index in [1.807, 2.05) is 72.8 Å². The van der Waals surface area contributed by atoms with Crippen molar-refractivity contribution in [1.82, 2.24) is 15.1 Å². The quantitative estimate of drug-likeness (QED) is 0.551. The summed E-state index contributed by atoms with van der Waals surface area (Å²) in [7, 11) is 0. The second-order valence-corrected chi connectivity index (χ2v) is 6.50. The molecule has 0 unspecified atom stereocenters. The fourth-order valence-corrected chi connectivity index (χ4v) is 3.06. The van der Waals surface area contributed by atoms with Crippen LogP contribution in [0.4, 0.5) is 0 Å². The predicted molar refractivity (Wildman–Crippen MR) is 110 cm³/mol. The van der Waals surface area contributed by atoms with Crippen LogP contribution in [0.15, 0.2) is 94.1 Å². The summed E-state index contributed by atoms with van der Waals surface area (Å²) in [4.78, 5) is 24.4. The Morgan fingerprint density at radius 1 is 0.862 bits per heavy atom. The van der Waals surface area contributed by atoms with E-state index in [9.17, 15) is 9.59 Å². The number of aromatic nitrogens is 2. The molecule has 0 saturated carbocycles. The largest absolute Gasteiger partial charge is 0.437 e. The Kier molecular flexibility index (Phi) is 5.33. The van der Waals surface area contributed by atoms with Crippen molar-refractivity contribution in [1.29, 1.82) is 0 Å². The Morgan fingerprint density at radius 2 is 1.48 bits per heavy atom. The lowest BCUT2D eigenvalue weighted by molar-refractivity contribution is -0.122. The third-order valence-corrected chi connectivity index (χ3v) is 4.50. The van der Waals surface area contributed by atoms with E-state index in [-0.39, 0.29) is 18.3 Å². The van der Waals surface area contributed by atoms with Crippen LogP contribution in [0, 0.1) is 0 Å². The zero-order valence-corrected chi connectivity index (χ0v) is 15.6. The fraction of sp³-hybridized carbons (Fsp3) is 0.0870. The van der Waals surface area contributed by atoms with E-state index in [1.165, 1.54) is 0 Å². The summed E-state index contributed by atoms with van der Waals surface area (Å²) < 4.78 is 6.19. The van der Waals surface area contributed by atoms with Crippen LogP contribution in [-0.4, -0.2) is 15.7 Å². The lowest BCUT2D eigenvalue weighted by Gasteiger charge is -2.11. The van der Waals surface area contributed by atoms with Gasteiger partial charge in [0, 0.05) is 12.1 Å². The van der Waals surface area contributed by atoms with Gasteiger partial charge in [0.15, 0.2) is 0 Å². The van der Waals surface area contributed by atoms with Crippen LogP contribution in [0.3, 0.4) is 0 Å². The number of nitrogens with one attached hydrogen (secondary N) is 1. The number of hydrogen-bond acceptors (Lipinski definition) is 4. The topological polar surface area (TPSA) is 77.1 Å². The molecule has 29 heavy (non-hydrogen) atoms. The average Bonchev–Trinajstić information content (AvgIpc) is 3.14. The first-order valence-corrected chi connectivity index (χ1v) is 9.24. The first-order chi connectivity index (χ1) is 14.2.